The van der Waals surface area contributed by atoms with Crippen LogP contribution in [0.1, 0.15) is 59.6 Å². The van der Waals surface area contributed by atoms with Gasteiger partial charge >= 0.3 is 0 Å². The van der Waals surface area contributed by atoms with Crippen LogP contribution in [0.15, 0.2) is 6.07 Å². The zero-order valence-corrected chi connectivity index (χ0v) is 13.4. The second-order valence-electron chi connectivity index (χ2n) is 6.16. The van der Waals surface area contributed by atoms with Crippen molar-refractivity contribution in [1.29, 1.82) is 0 Å². The van der Waals surface area contributed by atoms with Gasteiger partial charge < -0.3 is 11.1 Å². The lowest BCUT2D eigenvalue weighted by Crippen LogP contribution is -2.40. The van der Waals surface area contributed by atoms with Gasteiger partial charge in [-0.15, -0.1) is 11.3 Å². The van der Waals surface area contributed by atoms with Crippen molar-refractivity contribution in [2.45, 2.75) is 58.4 Å². The highest BCUT2D eigenvalue weighted by Gasteiger charge is 2.19. The van der Waals surface area contributed by atoms with E-state index in [0.717, 1.165) is 24.1 Å². The van der Waals surface area contributed by atoms with Gasteiger partial charge in [0.25, 0.3) is 5.91 Å². The number of amides is 1. The third kappa shape index (κ3) is 4.06. The summed E-state index contributed by atoms with van der Waals surface area (Å²) in [6, 6.07) is 2.19. The average molecular weight is 294 g/mol. The van der Waals surface area contributed by atoms with Crippen molar-refractivity contribution in [3.05, 3.63) is 21.4 Å². The summed E-state index contributed by atoms with van der Waals surface area (Å²) in [6.45, 7) is 4.82. The van der Waals surface area contributed by atoms with Crippen LogP contribution in [0, 0.1) is 5.92 Å². The number of rotatable bonds is 5. The summed E-state index contributed by atoms with van der Waals surface area (Å²) < 4.78 is 0. The van der Waals surface area contributed by atoms with Gasteiger partial charge in [-0.25, -0.2) is 0 Å². The normalized spacial score (nSPS) is 16.6. The molecule has 4 heteroatoms. The fraction of sp³-hybridized carbons (Fsp3) is 0.688. The molecule has 0 aromatic carbocycles. The zero-order chi connectivity index (χ0) is 14.5. The van der Waals surface area contributed by atoms with Crippen molar-refractivity contribution in [1.82, 2.24) is 5.32 Å². The third-order valence-electron chi connectivity index (χ3n) is 3.85. The number of thiophene rings is 1. The van der Waals surface area contributed by atoms with Gasteiger partial charge in [-0.05, 0) is 49.7 Å². The van der Waals surface area contributed by atoms with Gasteiger partial charge in [-0.3, -0.25) is 4.79 Å². The molecule has 1 aromatic rings. The molecule has 0 aliphatic heterocycles. The first kappa shape index (κ1) is 15.5. The van der Waals surface area contributed by atoms with Gasteiger partial charge in [0.1, 0.15) is 0 Å². The molecule has 0 fully saturated rings. The molecule has 1 aromatic heterocycles. The molecule has 0 bridgehead atoms. The Morgan fingerprint density at radius 2 is 2.10 bits per heavy atom. The van der Waals surface area contributed by atoms with Crippen molar-refractivity contribution in [2.75, 3.05) is 6.54 Å². The van der Waals surface area contributed by atoms with Crippen molar-refractivity contribution < 1.29 is 4.79 Å². The molecule has 1 aliphatic rings. The van der Waals surface area contributed by atoms with Crippen molar-refractivity contribution in [3.63, 3.8) is 0 Å². The van der Waals surface area contributed by atoms with Gasteiger partial charge in [-0.1, -0.05) is 20.3 Å². The molecular weight excluding hydrogens is 268 g/mol. The van der Waals surface area contributed by atoms with E-state index in [1.807, 2.05) is 0 Å². The zero-order valence-electron chi connectivity index (χ0n) is 12.6. The van der Waals surface area contributed by atoms with Crippen LogP contribution in [-0.4, -0.2) is 18.5 Å². The SMILES string of the molecule is CC(C)CC(CN)NC(=O)c1cc2c(s1)CCCCC2. The first-order chi connectivity index (χ1) is 9.60. The summed E-state index contributed by atoms with van der Waals surface area (Å²) in [5.41, 5.74) is 7.15. The maximum atomic E-state index is 12.3. The third-order valence-corrected chi connectivity index (χ3v) is 5.08. The van der Waals surface area contributed by atoms with E-state index in [2.05, 4.69) is 25.2 Å². The molecule has 2 rings (SSSR count). The number of nitrogens with one attached hydrogen (secondary N) is 1. The topological polar surface area (TPSA) is 55.1 Å². The van der Waals surface area contributed by atoms with E-state index in [4.69, 9.17) is 5.73 Å². The Kier molecular flexibility index (Phi) is 5.61. The summed E-state index contributed by atoms with van der Waals surface area (Å²) in [5.74, 6) is 0.600. The Labute approximate surface area is 125 Å². The fourth-order valence-corrected chi connectivity index (χ4v) is 3.98. The van der Waals surface area contributed by atoms with E-state index in [0.29, 0.717) is 12.5 Å². The fourth-order valence-electron chi connectivity index (χ4n) is 2.82. The van der Waals surface area contributed by atoms with Gasteiger partial charge in [0.15, 0.2) is 0 Å². The molecule has 3 N–H and O–H groups in total. The van der Waals surface area contributed by atoms with Crippen molar-refractivity contribution in [2.24, 2.45) is 11.7 Å². The van der Waals surface area contributed by atoms with Crippen LogP contribution in [0.2, 0.25) is 0 Å². The Morgan fingerprint density at radius 1 is 1.35 bits per heavy atom. The largest absolute Gasteiger partial charge is 0.347 e. The summed E-state index contributed by atoms with van der Waals surface area (Å²) in [5, 5.41) is 3.09. The van der Waals surface area contributed by atoms with Crippen molar-refractivity contribution >= 4 is 17.2 Å². The second kappa shape index (κ2) is 7.23. The maximum absolute atomic E-state index is 12.3. The van der Waals surface area contributed by atoms with Crippen LogP contribution in [0.25, 0.3) is 0 Å². The molecule has 1 aliphatic carbocycles. The predicted molar refractivity (Wildman–Crippen MR) is 85.3 cm³/mol. The number of fused-ring (bicyclic) bond motifs is 1. The Hall–Kier alpha value is -0.870. The smallest absolute Gasteiger partial charge is 0.261 e. The lowest BCUT2D eigenvalue weighted by atomic mass is 10.0. The standard InChI is InChI=1S/C16H26N2OS/c1-11(2)8-13(10-17)18-16(19)15-9-12-6-4-3-5-7-14(12)20-15/h9,11,13H,3-8,10,17H2,1-2H3,(H,18,19). The van der Waals surface area contributed by atoms with Crippen molar-refractivity contribution in [3.8, 4) is 0 Å². The summed E-state index contributed by atoms with van der Waals surface area (Å²) >= 11 is 1.68. The van der Waals surface area contributed by atoms with Crippen LogP contribution >= 0.6 is 11.3 Å². The molecular formula is C16H26N2OS. The number of carbonyl (C=O) groups excluding carboxylic acids is 1. The second-order valence-corrected chi connectivity index (χ2v) is 7.29. The molecule has 1 atom stereocenters. The number of hydrogen-bond acceptors (Lipinski definition) is 3. The lowest BCUT2D eigenvalue weighted by molar-refractivity contribution is 0.0938. The highest BCUT2D eigenvalue weighted by atomic mass is 32.1. The molecule has 0 saturated carbocycles. The average Bonchev–Trinajstić information content (AvgIpc) is 2.69. The number of aryl methyl sites for hydroxylation is 2. The highest BCUT2D eigenvalue weighted by Crippen LogP contribution is 2.29. The summed E-state index contributed by atoms with van der Waals surface area (Å²) in [7, 11) is 0. The molecule has 0 spiro atoms. The first-order valence-corrected chi connectivity index (χ1v) is 8.54. The monoisotopic (exact) mass is 294 g/mol. The van der Waals surface area contributed by atoms with Gasteiger partial charge in [0.05, 0.1) is 4.88 Å². The van der Waals surface area contributed by atoms with E-state index >= 15 is 0 Å². The van der Waals surface area contributed by atoms with Crippen LogP contribution < -0.4 is 11.1 Å². The molecule has 1 amide bonds. The van der Waals surface area contributed by atoms with Crippen LogP contribution in [0.5, 0.6) is 0 Å². The molecule has 1 heterocycles. The number of nitrogens with two attached hydrogens (primary N) is 1. The number of hydrogen-bond donors (Lipinski definition) is 2. The summed E-state index contributed by atoms with van der Waals surface area (Å²) in [6.07, 6.45) is 7.03. The molecule has 0 saturated heterocycles. The predicted octanol–water partition coefficient (Wildman–Crippen LogP) is 3.12. The van der Waals surface area contributed by atoms with Gasteiger partial charge in [0, 0.05) is 17.5 Å². The van der Waals surface area contributed by atoms with E-state index in [9.17, 15) is 4.79 Å². The first-order valence-electron chi connectivity index (χ1n) is 7.72. The quantitative estimate of drug-likeness (QED) is 0.820. The molecule has 112 valence electrons. The van der Waals surface area contributed by atoms with Crippen LogP contribution in [0.4, 0.5) is 0 Å². The van der Waals surface area contributed by atoms with E-state index in [1.165, 1.54) is 29.7 Å². The molecule has 1 unspecified atom stereocenters. The van der Waals surface area contributed by atoms with Gasteiger partial charge in [0.2, 0.25) is 0 Å². The minimum Gasteiger partial charge on any atom is -0.347 e. The molecule has 0 radical (unpaired) electrons. The van der Waals surface area contributed by atoms with E-state index in [-0.39, 0.29) is 11.9 Å². The van der Waals surface area contributed by atoms with Crippen LogP contribution in [-0.2, 0) is 12.8 Å². The highest BCUT2D eigenvalue weighted by molar-refractivity contribution is 7.14. The number of carbonyl (C=O) groups is 1. The minimum absolute atomic E-state index is 0.0548. The van der Waals surface area contributed by atoms with Gasteiger partial charge in [-0.2, -0.15) is 0 Å². The summed E-state index contributed by atoms with van der Waals surface area (Å²) in [4.78, 5) is 14.6. The molecule has 20 heavy (non-hydrogen) atoms. The van der Waals surface area contributed by atoms with Crippen LogP contribution in [0.3, 0.4) is 0 Å². The van der Waals surface area contributed by atoms with E-state index < -0.39 is 0 Å². The minimum atomic E-state index is 0.0548. The lowest BCUT2D eigenvalue weighted by Gasteiger charge is -2.18. The molecule has 3 nitrogen and oxygen atoms in total. The Balaban J connectivity index is 2.02. The Bertz CT molecular complexity index is 430. The Morgan fingerprint density at radius 3 is 2.80 bits per heavy atom. The maximum Gasteiger partial charge on any atom is 0.261 e. The van der Waals surface area contributed by atoms with E-state index in [1.54, 1.807) is 11.3 Å².